The van der Waals surface area contributed by atoms with E-state index in [0.29, 0.717) is 12.6 Å². The molecule has 3 N–H and O–H groups in total. The van der Waals surface area contributed by atoms with Crippen molar-refractivity contribution in [3.63, 3.8) is 0 Å². The third kappa shape index (κ3) is 8.09. The summed E-state index contributed by atoms with van der Waals surface area (Å²) in [5.74, 6) is 0.812. The van der Waals surface area contributed by atoms with Crippen molar-refractivity contribution in [2.24, 2.45) is 10.9 Å². The van der Waals surface area contributed by atoms with Crippen LogP contribution in [-0.2, 0) is 17.9 Å². The summed E-state index contributed by atoms with van der Waals surface area (Å²) in [7, 11) is 1.80. The van der Waals surface area contributed by atoms with Crippen LogP contribution >= 0.6 is 24.0 Å². The summed E-state index contributed by atoms with van der Waals surface area (Å²) < 4.78 is 0. The van der Waals surface area contributed by atoms with Crippen molar-refractivity contribution in [3.05, 3.63) is 65.7 Å². The molecule has 0 bridgehead atoms. The molecule has 0 aromatic heterocycles. The first kappa shape index (κ1) is 26.1. The molecular formula is C25H36IN5O. The van der Waals surface area contributed by atoms with Crippen molar-refractivity contribution in [1.82, 2.24) is 15.5 Å². The average Bonchev–Trinajstić information content (AvgIpc) is 3.22. The third-order valence-corrected chi connectivity index (χ3v) is 5.66. The van der Waals surface area contributed by atoms with Crippen LogP contribution in [0, 0.1) is 5.92 Å². The van der Waals surface area contributed by atoms with Crippen LogP contribution in [0.1, 0.15) is 37.8 Å². The highest BCUT2D eigenvalue weighted by atomic mass is 127. The lowest BCUT2D eigenvalue weighted by Gasteiger charge is -2.25. The van der Waals surface area contributed by atoms with Gasteiger partial charge in [-0.1, -0.05) is 56.3 Å². The number of amides is 1. The number of halogens is 1. The highest BCUT2D eigenvalue weighted by molar-refractivity contribution is 14.0. The molecular weight excluding hydrogens is 513 g/mol. The van der Waals surface area contributed by atoms with Crippen LogP contribution in [0.3, 0.4) is 0 Å². The monoisotopic (exact) mass is 549 g/mol. The number of benzene rings is 2. The molecule has 0 aliphatic carbocycles. The number of nitrogens with zero attached hydrogens (tertiary/aromatic N) is 2. The number of carbonyl (C=O) groups excluding carboxylic acids is 1. The molecule has 1 unspecified atom stereocenters. The molecule has 1 aliphatic heterocycles. The molecule has 2 aromatic rings. The normalized spacial score (nSPS) is 16.5. The summed E-state index contributed by atoms with van der Waals surface area (Å²) >= 11 is 0. The summed E-state index contributed by atoms with van der Waals surface area (Å²) in [5, 5.41) is 9.79. The highest BCUT2D eigenvalue weighted by Gasteiger charge is 2.24. The minimum Gasteiger partial charge on any atom is -0.355 e. The standard InChI is InChI=1S/C25H35N5O.HI/c1-19(2)24(31)29-22-13-11-20(12-14-22)16-27-25(26-3)28-17-23-10-7-15-30(23)18-21-8-5-4-6-9-21;/h4-6,8-9,11-14,19,23H,7,10,15-18H2,1-3H3,(H,29,31)(H2,26,27,28);1H. The van der Waals surface area contributed by atoms with Crippen LogP contribution in [0.15, 0.2) is 59.6 Å². The number of rotatable bonds is 8. The Kier molecular flexibility index (Phi) is 11.0. The van der Waals surface area contributed by atoms with Gasteiger partial charge in [-0.2, -0.15) is 0 Å². The SMILES string of the molecule is CN=C(NCc1ccc(NC(=O)C(C)C)cc1)NCC1CCCN1Cc1ccccc1.I. The maximum atomic E-state index is 11.8. The number of hydrogen-bond donors (Lipinski definition) is 3. The number of hydrogen-bond acceptors (Lipinski definition) is 3. The van der Waals surface area contributed by atoms with Crippen LogP contribution in [-0.4, -0.2) is 42.9 Å². The van der Waals surface area contributed by atoms with E-state index in [2.05, 4.69) is 56.2 Å². The fourth-order valence-electron chi connectivity index (χ4n) is 3.77. The molecule has 1 amide bonds. The van der Waals surface area contributed by atoms with Gasteiger partial charge in [0.05, 0.1) is 0 Å². The summed E-state index contributed by atoms with van der Waals surface area (Å²) in [6, 6.07) is 19.1. The van der Waals surface area contributed by atoms with E-state index >= 15 is 0 Å². The molecule has 0 spiro atoms. The van der Waals surface area contributed by atoms with E-state index < -0.39 is 0 Å². The average molecular weight is 550 g/mol. The molecule has 7 heteroatoms. The quantitative estimate of drug-likeness (QED) is 0.262. The van der Waals surface area contributed by atoms with Gasteiger partial charge in [0, 0.05) is 44.3 Å². The minimum atomic E-state index is -0.0285. The second-order valence-corrected chi connectivity index (χ2v) is 8.40. The summed E-state index contributed by atoms with van der Waals surface area (Å²) in [6.07, 6.45) is 2.45. The molecule has 1 atom stereocenters. The smallest absolute Gasteiger partial charge is 0.226 e. The molecule has 174 valence electrons. The van der Waals surface area contributed by atoms with Crippen LogP contribution < -0.4 is 16.0 Å². The van der Waals surface area contributed by atoms with Gasteiger partial charge in [-0.15, -0.1) is 24.0 Å². The van der Waals surface area contributed by atoms with E-state index in [-0.39, 0.29) is 35.8 Å². The molecule has 1 heterocycles. The van der Waals surface area contributed by atoms with Crippen LogP contribution in [0.4, 0.5) is 5.69 Å². The first-order valence-corrected chi connectivity index (χ1v) is 11.2. The van der Waals surface area contributed by atoms with E-state index in [1.165, 1.54) is 18.4 Å². The Morgan fingerprint density at radius 1 is 1.06 bits per heavy atom. The van der Waals surface area contributed by atoms with E-state index in [0.717, 1.165) is 36.8 Å². The first-order valence-electron chi connectivity index (χ1n) is 11.2. The topological polar surface area (TPSA) is 68.8 Å². The number of guanidine groups is 1. The van der Waals surface area contributed by atoms with Crippen LogP contribution in [0.5, 0.6) is 0 Å². The van der Waals surface area contributed by atoms with E-state index in [4.69, 9.17) is 0 Å². The second-order valence-electron chi connectivity index (χ2n) is 8.40. The zero-order chi connectivity index (χ0) is 22.1. The summed E-state index contributed by atoms with van der Waals surface area (Å²) in [6.45, 7) is 7.48. The molecule has 6 nitrogen and oxygen atoms in total. The van der Waals surface area contributed by atoms with Crippen LogP contribution in [0.2, 0.25) is 0 Å². The van der Waals surface area contributed by atoms with Crippen LogP contribution in [0.25, 0.3) is 0 Å². The first-order chi connectivity index (χ1) is 15.0. The number of anilines is 1. The maximum Gasteiger partial charge on any atom is 0.226 e. The van der Waals surface area contributed by atoms with Crippen molar-refractivity contribution in [1.29, 1.82) is 0 Å². The number of nitrogens with one attached hydrogen (secondary N) is 3. The lowest BCUT2D eigenvalue weighted by atomic mass is 10.1. The molecule has 0 saturated carbocycles. The number of aliphatic imine (C=N–C) groups is 1. The molecule has 1 aliphatic rings. The van der Waals surface area contributed by atoms with E-state index in [1.54, 1.807) is 7.05 Å². The van der Waals surface area contributed by atoms with Gasteiger partial charge >= 0.3 is 0 Å². The maximum absolute atomic E-state index is 11.8. The Morgan fingerprint density at radius 2 is 1.78 bits per heavy atom. The Morgan fingerprint density at radius 3 is 2.44 bits per heavy atom. The number of likely N-dealkylation sites (tertiary alicyclic amines) is 1. The summed E-state index contributed by atoms with van der Waals surface area (Å²) in [5.41, 5.74) is 3.33. The van der Waals surface area contributed by atoms with Gasteiger partial charge in [0.25, 0.3) is 0 Å². The Labute approximate surface area is 209 Å². The molecule has 1 fully saturated rings. The molecule has 1 saturated heterocycles. The van der Waals surface area contributed by atoms with Crippen molar-refractivity contribution in [2.45, 2.75) is 45.8 Å². The fourth-order valence-corrected chi connectivity index (χ4v) is 3.77. The van der Waals surface area contributed by atoms with E-state index in [9.17, 15) is 4.79 Å². The Balaban J connectivity index is 0.00000363. The van der Waals surface area contributed by atoms with Gasteiger partial charge < -0.3 is 16.0 Å². The predicted octanol–water partition coefficient (Wildman–Crippen LogP) is 4.23. The second kappa shape index (κ2) is 13.4. The minimum absolute atomic E-state index is 0. The molecule has 0 radical (unpaired) electrons. The molecule has 3 rings (SSSR count). The zero-order valence-corrected chi connectivity index (χ0v) is 21.6. The molecule has 2 aromatic carbocycles. The van der Waals surface area contributed by atoms with Gasteiger partial charge in [0.15, 0.2) is 5.96 Å². The zero-order valence-electron chi connectivity index (χ0n) is 19.3. The van der Waals surface area contributed by atoms with E-state index in [1.807, 2.05) is 38.1 Å². The fraction of sp³-hybridized carbons (Fsp3) is 0.440. The Bertz CT molecular complexity index is 854. The van der Waals surface area contributed by atoms with Crippen molar-refractivity contribution in [2.75, 3.05) is 25.5 Å². The largest absolute Gasteiger partial charge is 0.355 e. The third-order valence-electron chi connectivity index (χ3n) is 5.66. The lowest BCUT2D eigenvalue weighted by Crippen LogP contribution is -2.44. The highest BCUT2D eigenvalue weighted by Crippen LogP contribution is 2.19. The van der Waals surface area contributed by atoms with Crippen molar-refractivity contribution in [3.8, 4) is 0 Å². The van der Waals surface area contributed by atoms with Gasteiger partial charge in [0.1, 0.15) is 0 Å². The van der Waals surface area contributed by atoms with Gasteiger partial charge in [-0.3, -0.25) is 14.7 Å². The lowest BCUT2D eigenvalue weighted by molar-refractivity contribution is -0.118. The van der Waals surface area contributed by atoms with Gasteiger partial charge in [-0.25, -0.2) is 0 Å². The predicted molar refractivity (Wildman–Crippen MR) is 143 cm³/mol. The number of carbonyl (C=O) groups is 1. The molecule has 32 heavy (non-hydrogen) atoms. The van der Waals surface area contributed by atoms with Gasteiger partial charge in [-0.05, 0) is 42.6 Å². The Hall–Kier alpha value is -2.13. The van der Waals surface area contributed by atoms with Crippen molar-refractivity contribution < 1.29 is 4.79 Å². The van der Waals surface area contributed by atoms with Gasteiger partial charge in [0.2, 0.25) is 5.91 Å². The summed E-state index contributed by atoms with van der Waals surface area (Å²) in [4.78, 5) is 18.7. The van der Waals surface area contributed by atoms with Crippen molar-refractivity contribution >= 4 is 41.5 Å².